The summed E-state index contributed by atoms with van der Waals surface area (Å²) in [6.07, 6.45) is -0.518. The Morgan fingerprint density at radius 2 is 1.89 bits per heavy atom. The molecule has 0 saturated carbocycles. The first-order chi connectivity index (χ1) is 9.11. The third-order valence-corrected chi connectivity index (χ3v) is 3.42. The fourth-order valence-electron chi connectivity index (χ4n) is 1.71. The van der Waals surface area contributed by atoms with E-state index >= 15 is 0 Å². The average Bonchev–Trinajstić information content (AvgIpc) is 2.41. The minimum absolute atomic E-state index is 0.0699. The molecule has 0 radical (unpaired) electrons. The predicted octanol–water partition coefficient (Wildman–Crippen LogP) is 3.79. The van der Waals surface area contributed by atoms with Gasteiger partial charge in [-0.05, 0) is 46.6 Å². The molecule has 1 atom stereocenters. The van der Waals surface area contributed by atoms with Gasteiger partial charge in [-0.3, -0.25) is 0 Å². The maximum atomic E-state index is 9.52. The number of hydrogen-bond acceptors (Lipinski definition) is 3. The van der Waals surface area contributed by atoms with Crippen LogP contribution in [0.5, 0.6) is 11.5 Å². The van der Waals surface area contributed by atoms with Crippen LogP contribution in [0.15, 0.2) is 46.9 Å². The standard InChI is InChI=1S/C15H15BrO3/c1-10(18)11-6-7-15(13(16)8-11)19-14-5-3-2-4-12(14)9-17/h2-8,10,17-18H,9H2,1H3. The van der Waals surface area contributed by atoms with E-state index in [-0.39, 0.29) is 6.61 Å². The van der Waals surface area contributed by atoms with Crippen LogP contribution in [0.25, 0.3) is 0 Å². The van der Waals surface area contributed by atoms with E-state index in [1.807, 2.05) is 30.3 Å². The monoisotopic (exact) mass is 322 g/mol. The molecule has 0 saturated heterocycles. The summed E-state index contributed by atoms with van der Waals surface area (Å²) in [5, 5.41) is 18.8. The number of hydrogen-bond donors (Lipinski definition) is 2. The van der Waals surface area contributed by atoms with Gasteiger partial charge in [0.1, 0.15) is 11.5 Å². The largest absolute Gasteiger partial charge is 0.456 e. The highest BCUT2D eigenvalue weighted by Crippen LogP contribution is 2.33. The fraction of sp³-hybridized carbons (Fsp3) is 0.200. The highest BCUT2D eigenvalue weighted by molar-refractivity contribution is 9.10. The van der Waals surface area contributed by atoms with Gasteiger partial charge in [0.25, 0.3) is 0 Å². The van der Waals surface area contributed by atoms with Crippen molar-refractivity contribution in [1.82, 2.24) is 0 Å². The van der Waals surface area contributed by atoms with Crippen molar-refractivity contribution in [3.8, 4) is 11.5 Å². The second-order valence-electron chi connectivity index (χ2n) is 4.23. The summed E-state index contributed by atoms with van der Waals surface area (Å²) < 4.78 is 6.54. The average molecular weight is 323 g/mol. The first-order valence-corrected chi connectivity index (χ1v) is 6.75. The quantitative estimate of drug-likeness (QED) is 0.900. The number of ether oxygens (including phenoxy) is 1. The van der Waals surface area contributed by atoms with E-state index in [1.54, 1.807) is 19.1 Å². The van der Waals surface area contributed by atoms with Gasteiger partial charge in [0.2, 0.25) is 0 Å². The molecular formula is C15H15BrO3. The Hall–Kier alpha value is -1.36. The number of halogens is 1. The van der Waals surface area contributed by atoms with Crippen molar-refractivity contribution in [2.75, 3.05) is 0 Å². The summed E-state index contributed by atoms with van der Waals surface area (Å²) in [7, 11) is 0. The molecule has 2 aromatic carbocycles. The third-order valence-electron chi connectivity index (χ3n) is 2.80. The highest BCUT2D eigenvalue weighted by atomic mass is 79.9. The van der Waals surface area contributed by atoms with Crippen molar-refractivity contribution in [1.29, 1.82) is 0 Å². The molecule has 0 heterocycles. The maximum absolute atomic E-state index is 9.52. The Morgan fingerprint density at radius 1 is 1.16 bits per heavy atom. The number of aliphatic hydroxyl groups is 2. The van der Waals surface area contributed by atoms with Gasteiger partial charge in [0.15, 0.2) is 0 Å². The van der Waals surface area contributed by atoms with Crippen molar-refractivity contribution < 1.29 is 14.9 Å². The van der Waals surface area contributed by atoms with Gasteiger partial charge >= 0.3 is 0 Å². The molecule has 0 fully saturated rings. The summed E-state index contributed by atoms with van der Waals surface area (Å²) in [6, 6.07) is 12.7. The van der Waals surface area contributed by atoms with Crippen LogP contribution in [-0.4, -0.2) is 10.2 Å². The SMILES string of the molecule is CC(O)c1ccc(Oc2ccccc2CO)c(Br)c1. The number of rotatable bonds is 4. The Kier molecular flexibility index (Phi) is 4.58. The molecule has 4 heteroatoms. The Balaban J connectivity index is 2.28. The molecule has 3 nitrogen and oxygen atoms in total. The zero-order valence-corrected chi connectivity index (χ0v) is 12.1. The molecule has 2 aromatic rings. The summed E-state index contributed by atoms with van der Waals surface area (Å²) in [4.78, 5) is 0. The van der Waals surface area contributed by atoms with Crippen molar-refractivity contribution in [2.45, 2.75) is 19.6 Å². The highest BCUT2D eigenvalue weighted by Gasteiger charge is 2.09. The van der Waals surface area contributed by atoms with E-state index in [9.17, 15) is 10.2 Å². The van der Waals surface area contributed by atoms with E-state index in [2.05, 4.69) is 15.9 Å². The van der Waals surface area contributed by atoms with Crippen LogP contribution in [0.1, 0.15) is 24.2 Å². The summed E-state index contributed by atoms with van der Waals surface area (Å²) >= 11 is 3.42. The van der Waals surface area contributed by atoms with Gasteiger partial charge in [0.05, 0.1) is 17.2 Å². The molecule has 2 N–H and O–H groups in total. The number of benzene rings is 2. The topological polar surface area (TPSA) is 49.7 Å². The van der Waals surface area contributed by atoms with Crippen molar-refractivity contribution in [3.63, 3.8) is 0 Å². The van der Waals surface area contributed by atoms with Crippen LogP contribution in [0.3, 0.4) is 0 Å². The molecule has 0 aliphatic rings. The van der Waals surface area contributed by atoms with Gasteiger partial charge in [-0.15, -0.1) is 0 Å². The number of para-hydroxylation sites is 1. The van der Waals surface area contributed by atoms with E-state index in [0.717, 1.165) is 15.6 Å². The lowest BCUT2D eigenvalue weighted by atomic mass is 10.1. The first-order valence-electron chi connectivity index (χ1n) is 5.96. The molecule has 19 heavy (non-hydrogen) atoms. The lowest BCUT2D eigenvalue weighted by Gasteiger charge is -2.12. The van der Waals surface area contributed by atoms with Crippen LogP contribution in [-0.2, 0) is 6.61 Å². The van der Waals surface area contributed by atoms with Gasteiger partial charge < -0.3 is 14.9 Å². The molecule has 0 aliphatic carbocycles. The predicted molar refractivity (Wildman–Crippen MR) is 77.2 cm³/mol. The summed E-state index contributed by atoms with van der Waals surface area (Å²) in [6.45, 7) is 1.64. The molecular weight excluding hydrogens is 308 g/mol. The third kappa shape index (κ3) is 3.35. The molecule has 0 amide bonds. The second kappa shape index (κ2) is 6.19. The molecule has 2 rings (SSSR count). The van der Waals surface area contributed by atoms with E-state index in [0.29, 0.717) is 11.5 Å². The summed E-state index contributed by atoms with van der Waals surface area (Å²) in [5.74, 6) is 1.26. The van der Waals surface area contributed by atoms with E-state index < -0.39 is 6.10 Å². The van der Waals surface area contributed by atoms with Gasteiger partial charge in [-0.25, -0.2) is 0 Å². The lowest BCUT2D eigenvalue weighted by Crippen LogP contribution is -1.94. The lowest BCUT2D eigenvalue weighted by molar-refractivity contribution is 0.199. The minimum atomic E-state index is -0.518. The Labute approximate surface area is 120 Å². The molecule has 0 aliphatic heterocycles. The van der Waals surface area contributed by atoms with Crippen LogP contribution in [0, 0.1) is 0 Å². The van der Waals surface area contributed by atoms with Gasteiger partial charge in [0, 0.05) is 5.56 Å². The second-order valence-corrected chi connectivity index (χ2v) is 5.09. The molecule has 100 valence electrons. The van der Waals surface area contributed by atoms with Gasteiger partial charge in [-0.2, -0.15) is 0 Å². The van der Waals surface area contributed by atoms with Crippen molar-refractivity contribution in [2.24, 2.45) is 0 Å². The maximum Gasteiger partial charge on any atom is 0.141 e. The van der Waals surface area contributed by atoms with Gasteiger partial charge in [-0.1, -0.05) is 24.3 Å². The molecule has 0 spiro atoms. The van der Waals surface area contributed by atoms with Crippen molar-refractivity contribution >= 4 is 15.9 Å². The molecule has 0 bridgehead atoms. The Bertz CT molecular complexity index is 567. The first kappa shape index (κ1) is 14.1. The normalized spacial score (nSPS) is 12.2. The Morgan fingerprint density at radius 3 is 2.53 bits per heavy atom. The summed E-state index contributed by atoms with van der Waals surface area (Å²) in [5.41, 5.74) is 1.55. The van der Waals surface area contributed by atoms with Crippen LogP contribution >= 0.6 is 15.9 Å². The van der Waals surface area contributed by atoms with E-state index in [1.165, 1.54) is 0 Å². The number of aliphatic hydroxyl groups excluding tert-OH is 2. The fourth-order valence-corrected chi connectivity index (χ4v) is 2.19. The zero-order valence-electron chi connectivity index (χ0n) is 10.5. The minimum Gasteiger partial charge on any atom is -0.456 e. The zero-order chi connectivity index (χ0) is 13.8. The van der Waals surface area contributed by atoms with Crippen LogP contribution in [0.4, 0.5) is 0 Å². The van der Waals surface area contributed by atoms with Crippen molar-refractivity contribution in [3.05, 3.63) is 58.1 Å². The van der Waals surface area contributed by atoms with Crippen LogP contribution < -0.4 is 4.74 Å². The van der Waals surface area contributed by atoms with Crippen LogP contribution in [0.2, 0.25) is 0 Å². The molecule has 0 aromatic heterocycles. The molecule has 1 unspecified atom stereocenters. The smallest absolute Gasteiger partial charge is 0.141 e. The van der Waals surface area contributed by atoms with E-state index in [4.69, 9.17) is 4.74 Å².